The summed E-state index contributed by atoms with van der Waals surface area (Å²) in [6.45, 7) is 1.77. The number of carbonyl (C=O) groups excluding carboxylic acids is 2. The number of furan rings is 1. The van der Waals surface area contributed by atoms with E-state index in [9.17, 15) is 19.7 Å². The van der Waals surface area contributed by atoms with E-state index in [1.807, 2.05) is 0 Å². The first-order chi connectivity index (χ1) is 17.2. The number of nitrogens with zero attached hydrogens (tertiary/aromatic N) is 2. The van der Waals surface area contributed by atoms with Gasteiger partial charge in [0.1, 0.15) is 17.3 Å². The predicted octanol–water partition coefficient (Wildman–Crippen LogP) is 4.90. The zero-order valence-electron chi connectivity index (χ0n) is 19.1. The average Bonchev–Trinajstić information content (AvgIpc) is 3.30. The summed E-state index contributed by atoms with van der Waals surface area (Å²) < 4.78 is 11.2. The van der Waals surface area contributed by atoms with Crippen molar-refractivity contribution in [3.8, 4) is 17.1 Å². The van der Waals surface area contributed by atoms with Gasteiger partial charge in [-0.1, -0.05) is 23.2 Å². The Kier molecular flexibility index (Phi) is 9.43. The lowest BCUT2D eigenvalue weighted by molar-refractivity contribution is -0.384. The van der Waals surface area contributed by atoms with E-state index in [1.54, 1.807) is 43.3 Å². The molecule has 0 aliphatic rings. The fourth-order valence-corrected chi connectivity index (χ4v) is 3.55. The van der Waals surface area contributed by atoms with Gasteiger partial charge in [0.15, 0.2) is 0 Å². The number of nitro groups is 1. The van der Waals surface area contributed by atoms with Crippen LogP contribution in [0, 0.1) is 17.0 Å². The van der Waals surface area contributed by atoms with Crippen molar-refractivity contribution in [1.29, 1.82) is 0 Å². The summed E-state index contributed by atoms with van der Waals surface area (Å²) in [5, 5.41) is 18.1. The summed E-state index contributed by atoms with van der Waals surface area (Å²) in [4.78, 5) is 34.2. The standard InChI is InChI=1S/C24H22Cl2N4O6/c1-15-11-17(30(33)34)5-7-19(15)21-9-6-18(36-21)13-28-29-24(32)14-27-23(31)3-2-10-35-22-8-4-16(25)12-20(22)26/h4-9,11-13H,2-3,10,14H2,1H3,(H,27,31)(H,29,32)/b28-13-. The Balaban J connectivity index is 1.37. The van der Waals surface area contributed by atoms with Crippen LogP contribution in [0.2, 0.25) is 10.0 Å². The van der Waals surface area contributed by atoms with Crippen LogP contribution in [-0.2, 0) is 9.59 Å². The Bertz CT molecular complexity index is 1290. The Morgan fingerprint density at radius 1 is 1.14 bits per heavy atom. The maximum Gasteiger partial charge on any atom is 0.269 e. The Labute approximate surface area is 216 Å². The number of carbonyl (C=O) groups is 2. The second kappa shape index (κ2) is 12.7. The van der Waals surface area contributed by atoms with Crippen molar-refractivity contribution in [3.05, 3.63) is 80.0 Å². The third-order valence-corrected chi connectivity index (χ3v) is 5.37. The van der Waals surface area contributed by atoms with Crippen LogP contribution in [0.15, 0.2) is 58.0 Å². The molecule has 2 aromatic carbocycles. The van der Waals surface area contributed by atoms with Gasteiger partial charge in [-0.25, -0.2) is 5.43 Å². The Morgan fingerprint density at radius 3 is 2.67 bits per heavy atom. The summed E-state index contributed by atoms with van der Waals surface area (Å²) in [6, 6.07) is 12.7. The monoisotopic (exact) mass is 532 g/mol. The van der Waals surface area contributed by atoms with E-state index in [0.717, 1.165) is 0 Å². The van der Waals surface area contributed by atoms with E-state index in [-0.39, 0.29) is 31.2 Å². The molecule has 2 amide bonds. The lowest BCUT2D eigenvalue weighted by atomic mass is 10.1. The number of amides is 2. The largest absolute Gasteiger partial charge is 0.492 e. The normalized spacial score (nSPS) is 10.9. The van der Waals surface area contributed by atoms with E-state index >= 15 is 0 Å². The second-order valence-electron chi connectivity index (χ2n) is 7.56. The van der Waals surface area contributed by atoms with Gasteiger partial charge in [0.05, 0.1) is 29.3 Å². The number of hydrazone groups is 1. The van der Waals surface area contributed by atoms with E-state index in [0.29, 0.717) is 44.9 Å². The van der Waals surface area contributed by atoms with Crippen LogP contribution in [0.1, 0.15) is 24.2 Å². The summed E-state index contributed by atoms with van der Waals surface area (Å²) in [5.41, 5.74) is 3.68. The van der Waals surface area contributed by atoms with Crippen molar-refractivity contribution in [2.45, 2.75) is 19.8 Å². The Hall–Kier alpha value is -3.89. The molecular formula is C24H22Cl2N4O6. The van der Waals surface area contributed by atoms with Crippen molar-refractivity contribution < 1.29 is 23.7 Å². The summed E-state index contributed by atoms with van der Waals surface area (Å²) >= 11 is 11.8. The quantitative estimate of drug-likeness (QED) is 0.156. The van der Waals surface area contributed by atoms with Crippen molar-refractivity contribution in [3.63, 3.8) is 0 Å². The van der Waals surface area contributed by atoms with Gasteiger partial charge in [-0.3, -0.25) is 19.7 Å². The van der Waals surface area contributed by atoms with Crippen molar-refractivity contribution in [2.24, 2.45) is 5.10 Å². The highest BCUT2D eigenvalue weighted by atomic mass is 35.5. The van der Waals surface area contributed by atoms with Crippen LogP contribution in [-0.4, -0.2) is 36.1 Å². The zero-order chi connectivity index (χ0) is 26.1. The fourth-order valence-electron chi connectivity index (χ4n) is 3.09. The molecule has 188 valence electrons. The Morgan fingerprint density at radius 2 is 1.94 bits per heavy atom. The first-order valence-electron chi connectivity index (χ1n) is 10.7. The third-order valence-electron chi connectivity index (χ3n) is 4.84. The molecule has 0 aliphatic carbocycles. The number of nitro benzene ring substituents is 1. The summed E-state index contributed by atoms with van der Waals surface area (Å²) in [7, 11) is 0. The van der Waals surface area contributed by atoms with Crippen LogP contribution in [0.4, 0.5) is 5.69 Å². The molecule has 1 aromatic heterocycles. The number of benzene rings is 2. The fraction of sp³-hybridized carbons (Fsp3) is 0.208. The van der Waals surface area contributed by atoms with Gasteiger partial charge >= 0.3 is 0 Å². The molecule has 1 heterocycles. The van der Waals surface area contributed by atoms with E-state index in [1.165, 1.54) is 18.3 Å². The van der Waals surface area contributed by atoms with Crippen LogP contribution < -0.4 is 15.5 Å². The molecule has 12 heteroatoms. The number of hydrogen-bond donors (Lipinski definition) is 2. The van der Waals surface area contributed by atoms with Gasteiger partial charge in [0.25, 0.3) is 11.6 Å². The number of aryl methyl sites for hydroxylation is 1. The molecule has 0 saturated heterocycles. The van der Waals surface area contributed by atoms with Gasteiger partial charge in [-0.05, 0) is 55.3 Å². The number of nitrogens with one attached hydrogen (secondary N) is 2. The molecule has 0 saturated carbocycles. The summed E-state index contributed by atoms with van der Waals surface area (Å²) in [5.74, 6) is 0.527. The van der Waals surface area contributed by atoms with Crippen LogP contribution in [0.25, 0.3) is 11.3 Å². The predicted molar refractivity (Wildman–Crippen MR) is 135 cm³/mol. The maximum atomic E-state index is 11.9. The average molecular weight is 533 g/mol. The molecule has 3 aromatic rings. The molecule has 0 bridgehead atoms. The molecule has 0 unspecified atom stereocenters. The molecule has 0 aliphatic heterocycles. The van der Waals surface area contributed by atoms with Crippen LogP contribution in [0.3, 0.4) is 0 Å². The number of hydrogen-bond acceptors (Lipinski definition) is 7. The molecule has 0 spiro atoms. The molecule has 0 radical (unpaired) electrons. The molecular weight excluding hydrogens is 511 g/mol. The number of halogens is 2. The first-order valence-corrected chi connectivity index (χ1v) is 11.5. The highest BCUT2D eigenvalue weighted by Gasteiger charge is 2.12. The molecule has 10 nitrogen and oxygen atoms in total. The summed E-state index contributed by atoms with van der Waals surface area (Å²) in [6.07, 6.45) is 1.90. The smallest absolute Gasteiger partial charge is 0.269 e. The minimum atomic E-state index is -0.512. The van der Waals surface area contributed by atoms with Gasteiger partial charge in [0.2, 0.25) is 5.91 Å². The van der Waals surface area contributed by atoms with Gasteiger partial charge < -0.3 is 14.5 Å². The molecule has 36 heavy (non-hydrogen) atoms. The van der Waals surface area contributed by atoms with E-state index in [2.05, 4.69) is 15.8 Å². The van der Waals surface area contributed by atoms with Crippen molar-refractivity contribution in [1.82, 2.24) is 10.7 Å². The minimum Gasteiger partial charge on any atom is -0.492 e. The zero-order valence-corrected chi connectivity index (χ0v) is 20.6. The lowest BCUT2D eigenvalue weighted by Crippen LogP contribution is -2.34. The van der Waals surface area contributed by atoms with Gasteiger partial charge in [-0.15, -0.1) is 0 Å². The molecule has 0 atom stereocenters. The topological polar surface area (TPSA) is 136 Å². The van der Waals surface area contributed by atoms with Crippen LogP contribution in [0.5, 0.6) is 5.75 Å². The number of ether oxygens (including phenoxy) is 1. The lowest BCUT2D eigenvalue weighted by Gasteiger charge is -2.08. The van der Waals surface area contributed by atoms with Crippen LogP contribution >= 0.6 is 23.2 Å². The first kappa shape index (κ1) is 26.7. The number of rotatable bonds is 11. The maximum absolute atomic E-state index is 11.9. The number of non-ortho nitro benzene ring substituents is 1. The van der Waals surface area contributed by atoms with Crippen molar-refractivity contribution >= 4 is 46.9 Å². The van der Waals surface area contributed by atoms with Gasteiger partial charge in [-0.2, -0.15) is 5.10 Å². The second-order valence-corrected chi connectivity index (χ2v) is 8.40. The molecule has 0 fully saturated rings. The minimum absolute atomic E-state index is 0.00409. The SMILES string of the molecule is Cc1cc([N+](=O)[O-])ccc1-c1ccc(/C=N\NC(=O)CNC(=O)CCCOc2ccc(Cl)cc2Cl)o1. The highest BCUT2D eigenvalue weighted by Crippen LogP contribution is 2.28. The molecule has 3 rings (SSSR count). The van der Waals surface area contributed by atoms with Gasteiger partial charge in [0, 0.05) is 29.1 Å². The third kappa shape index (κ3) is 7.82. The van der Waals surface area contributed by atoms with E-state index in [4.69, 9.17) is 32.4 Å². The highest BCUT2D eigenvalue weighted by molar-refractivity contribution is 6.35. The van der Waals surface area contributed by atoms with E-state index < -0.39 is 10.8 Å². The van der Waals surface area contributed by atoms with Crippen molar-refractivity contribution in [2.75, 3.05) is 13.2 Å². The molecule has 2 N–H and O–H groups in total.